The lowest BCUT2D eigenvalue weighted by atomic mass is 9.75. The number of aryl methyl sites for hydroxylation is 1. The van der Waals surface area contributed by atoms with Crippen molar-refractivity contribution in [2.75, 3.05) is 38.3 Å². The number of piperidine rings is 1. The number of nitrogens with zero attached hydrogens (tertiary/aromatic N) is 2. The Hall–Kier alpha value is -1.96. The highest BCUT2D eigenvalue weighted by Gasteiger charge is 2.45. The van der Waals surface area contributed by atoms with Gasteiger partial charge in [0.15, 0.2) is 0 Å². The maximum absolute atomic E-state index is 14.2. The number of benzene rings is 1. The Balaban J connectivity index is 1.68. The third-order valence-electron chi connectivity index (χ3n) is 9.14. The first-order valence-electron chi connectivity index (χ1n) is 14.2. The van der Waals surface area contributed by atoms with Crippen molar-refractivity contribution in [2.45, 2.75) is 91.3 Å². The van der Waals surface area contributed by atoms with E-state index in [9.17, 15) is 14.7 Å². The van der Waals surface area contributed by atoms with Gasteiger partial charge in [-0.15, -0.1) is 0 Å². The molecule has 1 saturated carbocycles. The average Bonchev–Trinajstić information content (AvgIpc) is 3.70. The van der Waals surface area contributed by atoms with E-state index in [0.29, 0.717) is 24.4 Å². The second-order valence-corrected chi connectivity index (χ2v) is 12.3. The molecule has 2 fully saturated rings. The van der Waals surface area contributed by atoms with Crippen LogP contribution in [0.2, 0.25) is 0 Å². The van der Waals surface area contributed by atoms with Crippen LogP contribution in [-0.4, -0.2) is 73.4 Å². The minimum Gasteiger partial charge on any atom is -0.391 e. The minimum absolute atomic E-state index is 0.0597. The number of aliphatic hydroxyl groups excluding tert-OH is 1. The molecule has 1 aliphatic carbocycles. The van der Waals surface area contributed by atoms with Crippen molar-refractivity contribution in [3.05, 3.63) is 28.8 Å². The van der Waals surface area contributed by atoms with E-state index in [-0.39, 0.29) is 36.4 Å². The SMILES string of the molecule is COCC(O)CCN(C(=O)C(C)(C)C(C)C1CC1)c1cc2c(cc1C)CC(C)N(C1CCCNC1)C2=O. The molecule has 7 heteroatoms. The number of methoxy groups -OCH3 is 1. The molecule has 2 aliphatic heterocycles. The summed E-state index contributed by atoms with van der Waals surface area (Å²) in [4.78, 5) is 32.0. The molecule has 2 N–H and O–H groups in total. The summed E-state index contributed by atoms with van der Waals surface area (Å²) in [5.41, 5.74) is 3.02. The van der Waals surface area contributed by atoms with Gasteiger partial charge in [-0.2, -0.15) is 0 Å². The average molecular weight is 514 g/mol. The molecule has 3 aliphatic rings. The second-order valence-electron chi connectivity index (χ2n) is 12.3. The lowest BCUT2D eigenvalue weighted by Crippen LogP contribution is -2.55. The number of fused-ring (bicyclic) bond motifs is 1. The molecule has 1 aromatic carbocycles. The maximum Gasteiger partial charge on any atom is 0.254 e. The van der Waals surface area contributed by atoms with Crippen LogP contribution in [0.3, 0.4) is 0 Å². The maximum atomic E-state index is 14.2. The molecule has 0 spiro atoms. The molecular formula is C30H47N3O4. The number of ether oxygens (including phenoxy) is 1. The van der Waals surface area contributed by atoms with Crippen LogP contribution < -0.4 is 10.2 Å². The molecule has 0 radical (unpaired) electrons. The lowest BCUT2D eigenvalue weighted by molar-refractivity contribution is -0.129. The lowest BCUT2D eigenvalue weighted by Gasteiger charge is -2.43. The van der Waals surface area contributed by atoms with Crippen LogP contribution in [0.15, 0.2) is 12.1 Å². The fourth-order valence-electron chi connectivity index (χ4n) is 6.38. The summed E-state index contributed by atoms with van der Waals surface area (Å²) in [6, 6.07) is 4.42. The smallest absolute Gasteiger partial charge is 0.254 e. The van der Waals surface area contributed by atoms with Crippen molar-refractivity contribution in [3.63, 3.8) is 0 Å². The number of hydrogen-bond donors (Lipinski definition) is 2. The topological polar surface area (TPSA) is 82.1 Å². The van der Waals surface area contributed by atoms with Gasteiger partial charge in [0, 0.05) is 48.9 Å². The van der Waals surface area contributed by atoms with E-state index >= 15 is 0 Å². The number of nitrogens with one attached hydrogen (secondary N) is 1. The highest BCUT2D eigenvalue weighted by atomic mass is 16.5. The fraction of sp³-hybridized carbons (Fsp3) is 0.733. The summed E-state index contributed by atoms with van der Waals surface area (Å²) in [6.07, 6.45) is 5.04. The Kier molecular flexibility index (Phi) is 8.66. The normalized spacial score (nSPS) is 24.0. The quantitative estimate of drug-likeness (QED) is 0.495. The minimum atomic E-state index is -0.654. The molecule has 4 atom stereocenters. The Morgan fingerprint density at radius 2 is 2.03 bits per heavy atom. The number of rotatable bonds is 10. The molecule has 7 nitrogen and oxygen atoms in total. The third-order valence-corrected chi connectivity index (χ3v) is 9.14. The van der Waals surface area contributed by atoms with E-state index in [1.165, 1.54) is 12.8 Å². The summed E-state index contributed by atoms with van der Waals surface area (Å²) in [7, 11) is 1.57. The highest BCUT2D eigenvalue weighted by molar-refractivity contribution is 6.02. The molecule has 1 saturated heterocycles. The number of carbonyl (C=O) groups excluding carboxylic acids is 2. The molecular weight excluding hydrogens is 466 g/mol. The molecule has 1 aromatic rings. The van der Waals surface area contributed by atoms with Crippen molar-refractivity contribution in [1.29, 1.82) is 0 Å². The van der Waals surface area contributed by atoms with Crippen LogP contribution >= 0.6 is 0 Å². The zero-order valence-corrected chi connectivity index (χ0v) is 23.7. The Morgan fingerprint density at radius 1 is 1.30 bits per heavy atom. The largest absolute Gasteiger partial charge is 0.391 e. The molecule has 206 valence electrons. The highest BCUT2D eigenvalue weighted by Crippen LogP contribution is 2.47. The molecule has 4 rings (SSSR count). The molecule has 37 heavy (non-hydrogen) atoms. The van der Waals surface area contributed by atoms with Crippen molar-refractivity contribution < 1.29 is 19.4 Å². The Morgan fingerprint density at radius 3 is 2.65 bits per heavy atom. The zero-order chi connectivity index (χ0) is 26.9. The monoisotopic (exact) mass is 513 g/mol. The Bertz CT molecular complexity index is 983. The number of anilines is 1. The van der Waals surface area contributed by atoms with Crippen LogP contribution in [0.1, 0.15) is 81.3 Å². The van der Waals surface area contributed by atoms with Crippen LogP contribution in [0, 0.1) is 24.2 Å². The van der Waals surface area contributed by atoms with Gasteiger partial charge in [0.2, 0.25) is 5.91 Å². The fourth-order valence-corrected chi connectivity index (χ4v) is 6.38. The van der Waals surface area contributed by atoms with Crippen LogP contribution in [0.25, 0.3) is 0 Å². The number of carbonyl (C=O) groups is 2. The molecule has 4 unspecified atom stereocenters. The van der Waals surface area contributed by atoms with E-state index < -0.39 is 11.5 Å². The Labute approximate surface area is 222 Å². The van der Waals surface area contributed by atoms with E-state index in [1.54, 1.807) is 7.11 Å². The standard InChI is InChI=1S/C30H47N3O4/c1-19-14-23-15-20(2)33(24-8-7-12-31-17-24)28(35)26(23)16-27(19)32(13-11-25(34)18-37-6)29(36)30(4,5)21(3)22-9-10-22/h14,16,20-22,24-25,31,34H,7-13,15,17-18H2,1-6H3. The summed E-state index contributed by atoms with van der Waals surface area (Å²) >= 11 is 0. The van der Waals surface area contributed by atoms with Crippen molar-refractivity contribution in [2.24, 2.45) is 17.3 Å². The first-order chi connectivity index (χ1) is 17.6. The van der Waals surface area contributed by atoms with Crippen molar-refractivity contribution >= 4 is 17.5 Å². The van der Waals surface area contributed by atoms with Gasteiger partial charge < -0.3 is 25.0 Å². The van der Waals surface area contributed by atoms with Gasteiger partial charge in [-0.25, -0.2) is 0 Å². The van der Waals surface area contributed by atoms with Gasteiger partial charge in [0.1, 0.15) is 0 Å². The van der Waals surface area contributed by atoms with E-state index in [4.69, 9.17) is 4.74 Å². The van der Waals surface area contributed by atoms with E-state index in [0.717, 1.165) is 49.2 Å². The molecule has 2 amide bonds. The molecule has 2 heterocycles. The summed E-state index contributed by atoms with van der Waals surface area (Å²) in [6.45, 7) is 12.9. The first-order valence-corrected chi connectivity index (χ1v) is 14.2. The van der Waals surface area contributed by atoms with Gasteiger partial charge in [-0.3, -0.25) is 9.59 Å². The van der Waals surface area contributed by atoms with Crippen molar-refractivity contribution in [1.82, 2.24) is 10.2 Å². The number of hydrogen-bond acceptors (Lipinski definition) is 5. The van der Waals surface area contributed by atoms with Crippen LogP contribution in [0.4, 0.5) is 5.69 Å². The van der Waals surface area contributed by atoms with Crippen molar-refractivity contribution in [3.8, 4) is 0 Å². The molecule has 0 aromatic heterocycles. The zero-order valence-electron chi connectivity index (χ0n) is 23.7. The predicted molar refractivity (Wildman–Crippen MR) is 147 cm³/mol. The van der Waals surface area contributed by atoms with Gasteiger partial charge >= 0.3 is 0 Å². The summed E-state index contributed by atoms with van der Waals surface area (Å²) in [5, 5.41) is 13.9. The summed E-state index contributed by atoms with van der Waals surface area (Å²) in [5.74, 6) is 0.983. The van der Waals surface area contributed by atoms with Crippen LogP contribution in [0.5, 0.6) is 0 Å². The van der Waals surface area contributed by atoms with Gasteiger partial charge in [0.05, 0.1) is 12.7 Å². The van der Waals surface area contributed by atoms with Gasteiger partial charge in [0.25, 0.3) is 5.91 Å². The van der Waals surface area contributed by atoms with E-state index in [2.05, 4.69) is 44.0 Å². The number of amides is 2. The second kappa shape index (κ2) is 11.4. The van der Waals surface area contributed by atoms with Gasteiger partial charge in [-0.1, -0.05) is 26.8 Å². The van der Waals surface area contributed by atoms with E-state index in [1.807, 2.05) is 17.9 Å². The third kappa shape index (κ3) is 5.89. The summed E-state index contributed by atoms with van der Waals surface area (Å²) < 4.78 is 5.13. The van der Waals surface area contributed by atoms with Crippen LogP contribution in [-0.2, 0) is 16.0 Å². The predicted octanol–water partition coefficient (Wildman–Crippen LogP) is 3.94. The number of aliphatic hydroxyl groups is 1. The van der Waals surface area contributed by atoms with Gasteiger partial charge in [-0.05, 0) is 87.9 Å². The first kappa shape index (κ1) is 28.1. The molecule has 0 bridgehead atoms.